The molecule has 6 heteroatoms. The van der Waals surface area contributed by atoms with Crippen LogP contribution in [0.2, 0.25) is 5.02 Å². The largest absolute Gasteiger partial charge is 0.487 e. The van der Waals surface area contributed by atoms with Gasteiger partial charge in [-0.1, -0.05) is 22.9 Å². The van der Waals surface area contributed by atoms with Gasteiger partial charge in [-0.3, -0.25) is 0 Å². The van der Waals surface area contributed by atoms with Crippen molar-refractivity contribution < 1.29 is 4.74 Å². The van der Waals surface area contributed by atoms with E-state index in [1.54, 1.807) is 11.3 Å². The number of rotatable bonds is 2. The van der Waals surface area contributed by atoms with Crippen molar-refractivity contribution in [3.05, 3.63) is 28.9 Å². The Hall–Kier alpha value is -1.30. The first-order valence-corrected chi connectivity index (χ1v) is 9.89. The second-order valence-corrected chi connectivity index (χ2v) is 9.80. The Morgan fingerprint density at radius 1 is 1.24 bits per heavy atom. The van der Waals surface area contributed by atoms with Gasteiger partial charge in [0.2, 0.25) is 0 Å². The van der Waals surface area contributed by atoms with E-state index >= 15 is 0 Å². The van der Waals surface area contributed by atoms with E-state index in [2.05, 4.69) is 38.3 Å². The van der Waals surface area contributed by atoms with Crippen molar-refractivity contribution >= 4 is 28.1 Å². The predicted octanol–water partition coefficient (Wildman–Crippen LogP) is 5.08. The van der Waals surface area contributed by atoms with Crippen molar-refractivity contribution in [2.75, 3.05) is 5.32 Å². The van der Waals surface area contributed by atoms with Crippen molar-refractivity contribution in [1.82, 2.24) is 10.3 Å². The number of halogens is 1. The monoisotopic (exact) mass is 377 g/mol. The molecule has 3 heterocycles. The molecule has 134 valence electrons. The number of piperidine rings is 1. The quantitative estimate of drug-likeness (QED) is 0.766. The first kappa shape index (κ1) is 17.1. The number of fused-ring (bicyclic) bond motifs is 3. The van der Waals surface area contributed by atoms with Gasteiger partial charge in [0.05, 0.1) is 10.6 Å². The number of benzene rings is 1. The summed E-state index contributed by atoms with van der Waals surface area (Å²) in [5.74, 6) is 0.847. The van der Waals surface area contributed by atoms with Crippen LogP contribution >= 0.6 is 22.9 Å². The topological polar surface area (TPSA) is 46.2 Å². The molecule has 1 fully saturated rings. The van der Waals surface area contributed by atoms with Crippen LogP contribution in [0.5, 0.6) is 5.75 Å². The van der Waals surface area contributed by atoms with Crippen LogP contribution < -0.4 is 15.4 Å². The highest BCUT2D eigenvalue weighted by atomic mass is 35.5. The minimum atomic E-state index is 0.114. The van der Waals surface area contributed by atoms with E-state index in [1.807, 2.05) is 18.2 Å². The predicted molar refractivity (Wildman–Crippen MR) is 105 cm³/mol. The van der Waals surface area contributed by atoms with E-state index in [4.69, 9.17) is 21.3 Å². The standard InChI is InChI=1S/C19H24ClN3OS/c1-18(2)8-12(9-19(3,4)23-18)21-17-22-14-10-24-15-7-11(20)5-6-13(15)16(14)25-17/h5-7,12,23H,8-10H2,1-4H3,(H,21,22). The van der Waals surface area contributed by atoms with Crippen molar-refractivity contribution in [3.8, 4) is 16.2 Å². The number of nitrogens with zero attached hydrogens (tertiary/aromatic N) is 1. The fourth-order valence-corrected chi connectivity index (χ4v) is 5.51. The molecule has 2 N–H and O–H groups in total. The number of thiazole rings is 1. The summed E-state index contributed by atoms with van der Waals surface area (Å²) in [5, 5.41) is 9.08. The third-order valence-electron chi connectivity index (χ3n) is 4.77. The van der Waals surface area contributed by atoms with Gasteiger partial charge in [-0.15, -0.1) is 0 Å². The van der Waals surface area contributed by atoms with Gasteiger partial charge in [-0.25, -0.2) is 4.98 Å². The van der Waals surface area contributed by atoms with E-state index in [-0.39, 0.29) is 11.1 Å². The van der Waals surface area contributed by atoms with Crippen LogP contribution in [-0.2, 0) is 6.61 Å². The van der Waals surface area contributed by atoms with E-state index in [9.17, 15) is 0 Å². The third-order valence-corrected chi connectivity index (χ3v) is 6.07. The third kappa shape index (κ3) is 3.50. The summed E-state index contributed by atoms with van der Waals surface area (Å²) < 4.78 is 5.82. The molecule has 2 aromatic rings. The highest BCUT2D eigenvalue weighted by Crippen LogP contribution is 2.44. The van der Waals surface area contributed by atoms with Crippen molar-refractivity contribution in [1.29, 1.82) is 0 Å². The number of nitrogens with one attached hydrogen (secondary N) is 2. The normalized spacial score (nSPS) is 21.2. The molecule has 0 radical (unpaired) electrons. The minimum absolute atomic E-state index is 0.114. The molecule has 4 nitrogen and oxygen atoms in total. The SMILES string of the molecule is CC1(C)CC(Nc2nc3c(s2)-c2ccc(Cl)cc2OC3)CC(C)(C)N1. The van der Waals surface area contributed by atoms with Crippen molar-refractivity contribution in [3.63, 3.8) is 0 Å². The van der Waals surface area contributed by atoms with Gasteiger partial charge in [0, 0.05) is 27.7 Å². The molecule has 25 heavy (non-hydrogen) atoms. The lowest BCUT2D eigenvalue weighted by atomic mass is 9.80. The van der Waals surface area contributed by atoms with Gasteiger partial charge >= 0.3 is 0 Å². The first-order chi connectivity index (χ1) is 11.7. The van der Waals surface area contributed by atoms with Crippen LogP contribution in [0, 0.1) is 0 Å². The lowest BCUT2D eigenvalue weighted by molar-refractivity contribution is 0.170. The van der Waals surface area contributed by atoms with Crippen LogP contribution in [0.3, 0.4) is 0 Å². The molecule has 0 amide bonds. The second-order valence-electron chi connectivity index (χ2n) is 8.37. The Morgan fingerprint density at radius 3 is 2.68 bits per heavy atom. The molecule has 1 saturated heterocycles. The maximum Gasteiger partial charge on any atom is 0.183 e. The van der Waals surface area contributed by atoms with Gasteiger partial charge in [0.15, 0.2) is 5.13 Å². The molecule has 4 rings (SSSR count). The number of hydrogen-bond acceptors (Lipinski definition) is 5. The summed E-state index contributed by atoms with van der Waals surface area (Å²) in [7, 11) is 0. The van der Waals surface area contributed by atoms with Gasteiger partial charge < -0.3 is 15.4 Å². The Kier molecular flexibility index (Phi) is 4.02. The molecule has 0 saturated carbocycles. The summed E-state index contributed by atoms with van der Waals surface area (Å²) in [6, 6.07) is 6.21. The molecule has 2 aliphatic rings. The molecule has 0 unspecified atom stereocenters. The molecule has 1 aromatic heterocycles. The molecule has 0 spiro atoms. The molecular formula is C19H24ClN3OS. The van der Waals surface area contributed by atoms with E-state index in [1.165, 1.54) is 4.88 Å². The average molecular weight is 378 g/mol. The summed E-state index contributed by atoms with van der Waals surface area (Å²) in [4.78, 5) is 5.98. The molecule has 0 bridgehead atoms. The molecule has 2 aliphatic heterocycles. The molecule has 1 aromatic carbocycles. The fourth-order valence-electron chi connectivity index (χ4n) is 4.27. The highest BCUT2D eigenvalue weighted by Gasteiger charge is 2.38. The Balaban J connectivity index is 1.59. The zero-order chi connectivity index (χ0) is 17.8. The summed E-state index contributed by atoms with van der Waals surface area (Å²) in [5.41, 5.74) is 2.32. The van der Waals surface area contributed by atoms with E-state index in [0.29, 0.717) is 17.7 Å². The Labute approximate surface area is 158 Å². The van der Waals surface area contributed by atoms with Gasteiger partial charge in [0.1, 0.15) is 12.4 Å². The van der Waals surface area contributed by atoms with Crippen LogP contribution in [0.1, 0.15) is 46.2 Å². The lowest BCUT2D eigenvalue weighted by Crippen LogP contribution is -2.60. The molecule has 0 atom stereocenters. The van der Waals surface area contributed by atoms with Gasteiger partial charge in [0.25, 0.3) is 0 Å². The van der Waals surface area contributed by atoms with Crippen molar-refractivity contribution in [2.45, 2.75) is 64.3 Å². The zero-order valence-corrected chi connectivity index (χ0v) is 16.6. The van der Waals surface area contributed by atoms with Crippen molar-refractivity contribution in [2.24, 2.45) is 0 Å². The Bertz CT molecular complexity index is 799. The second kappa shape index (κ2) is 5.86. The maximum atomic E-state index is 6.08. The van der Waals surface area contributed by atoms with E-state index < -0.39 is 0 Å². The number of hydrogen-bond donors (Lipinski definition) is 2. The van der Waals surface area contributed by atoms with Crippen LogP contribution in [0.25, 0.3) is 10.4 Å². The summed E-state index contributed by atoms with van der Waals surface area (Å²) >= 11 is 7.79. The summed E-state index contributed by atoms with van der Waals surface area (Å²) in [6.45, 7) is 9.57. The summed E-state index contributed by atoms with van der Waals surface area (Å²) in [6.07, 6.45) is 2.15. The number of ether oxygens (including phenoxy) is 1. The van der Waals surface area contributed by atoms with E-state index in [0.717, 1.165) is 35.0 Å². The van der Waals surface area contributed by atoms with Crippen LogP contribution in [-0.4, -0.2) is 22.1 Å². The first-order valence-electron chi connectivity index (χ1n) is 8.69. The minimum Gasteiger partial charge on any atom is -0.487 e. The average Bonchev–Trinajstić information content (AvgIpc) is 2.85. The fraction of sp³-hybridized carbons (Fsp3) is 0.526. The smallest absolute Gasteiger partial charge is 0.183 e. The molecule has 0 aliphatic carbocycles. The maximum absolute atomic E-state index is 6.08. The Morgan fingerprint density at radius 2 is 1.96 bits per heavy atom. The lowest BCUT2D eigenvalue weighted by Gasteiger charge is -2.46. The molecular weight excluding hydrogens is 354 g/mol. The van der Waals surface area contributed by atoms with Gasteiger partial charge in [-0.2, -0.15) is 0 Å². The number of aromatic nitrogens is 1. The van der Waals surface area contributed by atoms with Crippen LogP contribution in [0.15, 0.2) is 18.2 Å². The highest BCUT2D eigenvalue weighted by molar-refractivity contribution is 7.19. The zero-order valence-electron chi connectivity index (χ0n) is 15.1. The van der Waals surface area contributed by atoms with Gasteiger partial charge in [-0.05, 0) is 58.7 Å². The van der Waals surface area contributed by atoms with Crippen LogP contribution in [0.4, 0.5) is 5.13 Å². The number of anilines is 1.